The van der Waals surface area contributed by atoms with Crippen LogP contribution in [0.1, 0.15) is 135 Å². The summed E-state index contributed by atoms with van der Waals surface area (Å²) in [6.07, 6.45) is 30.8. The van der Waals surface area contributed by atoms with Gasteiger partial charge in [-0.1, -0.05) is 109 Å². The lowest BCUT2D eigenvalue weighted by molar-refractivity contribution is -0.118. The Bertz CT molecular complexity index is 311. The summed E-state index contributed by atoms with van der Waals surface area (Å²) >= 11 is 0. The Labute approximate surface area is 164 Å². The molecule has 0 saturated heterocycles. The van der Waals surface area contributed by atoms with Crippen LogP contribution >= 0.6 is 0 Å². The van der Waals surface area contributed by atoms with Gasteiger partial charge in [0.2, 0.25) is 5.91 Å². The molecule has 2 heteroatoms. The summed E-state index contributed by atoms with van der Waals surface area (Å²) in [5.41, 5.74) is 5.12. The molecule has 0 aromatic heterocycles. The molecule has 0 aliphatic rings. The van der Waals surface area contributed by atoms with Gasteiger partial charge in [-0.3, -0.25) is 4.79 Å². The van der Waals surface area contributed by atoms with Crippen molar-refractivity contribution in [1.82, 2.24) is 0 Å². The lowest BCUT2D eigenvalue weighted by atomic mass is 10.0. The number of rotatable bonds is 21. The van der Waals surface area contributed by atoms with Gasteiger partial charge in [-0.05, 0) is 32.1 Å². The highest BCUT2D eigenvalue weighted by atomic mass is 16.1. The topological polar surface area (TPSA) is 43.1 Å². The van der Waals surface area contributed by atoms with Crippen molar-refractivity contribution in [2.45, 2.75) is 135 Å². The minimum atomic E-state index is -0.174. The zero-order valence-corrected chi connectivity index (χ0v) is 17.8. The number of primary amides is 1. The van der Waals surface area contributed by atoms with E-state index in [1.54, 1.807) is 0 Å². The summed E-state index contributed by atoms with van der Waals surface area (Å²) in [7, 11) is 0. The van der Waals surface area contributed by atoms with E-state index in [4.69, 9.17) is 5.73 Å². The van der Waals surface area contributed by atoms with Crippen LogP contribution in [0.4, 0.5) is 0 Å². The van der Waals surface area contributed by atoms with Gasteiger partial charge in [0.1, 0.15) is 0 Å². The second-order valence-corrected chi connectivity index (χ2v) is 7.92. The van der Waals surface area contributed by atoms with Gasteiger partial charge in [0.15, 0.2) is 0 Å². The molecule has 0 fully saturated rings. The average Bonchev–Trinajstić information content (AvgIpc) is 2.62. The number of unbranched alkanes of at least 4 members (excludes halogenated alkanes) is 17. The number of carbonyl (C=O) groups excluding carboxylic acids is 1. The maximum absolute atomic E-state index is 10.6. The SMILES string of the molecule is CCCCCCCCCCCCCCCCCC=CCCCCC(N)=O. The summed E-state index contributed by atoms with van der Waals surface area (Å²) in [4.78, 5) is 10.6. The van der Waals surface area contributed by atoms with Crippen LogP contribution in [-0.4, -0.2) is 5.91 Å². The molecule has 0 bridgehead atoms. The van der Waals surface area contributed by atoms with E-state index in [0.717, 1.165) is 19.3 Å². The summed E-state index contributed by atoms with van der Waals surface area (Å²) in [5, 5.41) is 0. The molecule has 0 saturated carbocycles. The lowest BCUT2D eigenvalue weighted by Gasteiger charge is -2.03. The van der Waals surface area contributed by atoms with Gasteiger partial charge in [-0.15, -0.1) is 0 Å². The normalized spacial score (nSPS) is 11.4. The minimum Gasteiger partial charge on any atom is -0.370 e. The molecule has 2 N–H and O–H groups in total. The van der Waals surface area contributed by atoms with Gasteiger partial charge in [0, 0.05) is 6.42 Å². The number of amides is 1. The van der Waals surface area contributed by atoms with Crippen LogP contribution in [-0.2, 0) is 4.79 Å². The van der Waals surface area contributed by atoms with Crippen molar-refractivity contribution in [2.75, 3.05) is 0 Å². The lowest BCUT2D eigenvalue weighted by Crippen LogP contribution is -2.09. The molecular weight excluding hydrogens is 318 g/mol. The predicted molar refractivity (Wildman–Crippen MR) is 116 cm³/mol. The first-order chi connectivity index (χ1) is 12.8. The Hall–Kier alpha value is -0.790. The van der Waals surface area contributed by atoms with Crippen molar-refractivity contribution < 1.29 is 4.79 Å². The fraction of sp³-hybridized carbons (Fsp3) is 0.875. The molecule has 0 aliphatic heterocycles. The average molecular weight is 366 g/mol. The molecule has 0 aliphatic carbocycles. The van der Waals surface area contributed by atoms with Crippen molar-refractivity contribution in [2.24, 2.45) is 5.73 Å². The van der Waals surface area contributed by atoms with Crippen LogP contribution in [0.2, 0.25) is 0 Å². The van der Waals surface area contributed by atoms with Crippen LogP contribution in [0.15, 0.2) is 12.2 Å². The van der Waals surface area contributed by atoms with Gasteiger partial charge in [0.05, 0.1) is 0 Å². The molecule has 0 unspecified atom stereocenters. The van der Waals surface area contributed by atoms with Crippen LogP contribution in [0.5, 0.6) is 0 Å². The first-order valence-electron chi connectivity index (χ1n) is 11.7. The molecule has 0 atom stereocenters. The number of carbonyl (C=O) groups is 1. The monoisotopic (exact) mass is 365 g/mol. The zero-order valence-electron chi connectivity index (χ0n) is 17.8. The Morgan fingerprint density at radius 2 is 0.923 bits per heavy atom. The van der Waals surface area contributed by atoms with Crippen LogP contribution in [0, 0.1) is 0 Å². The second-order valence-electron chi connectivity index (χ2n) is 7.92. The Morgan fingerprint density at radius 3 is 1.31 bits per heavy atom. The molecule has 0 aromatic rings. The van der Waals surface area contributed by atoms with Gasteiger partial charge in [-0.2, -0.15) is 0 Å². The van der Waals surface area contributed by atoms with E-state index in [1.807, 2.05) is 0 Å². The molecule has 1 amide bonds. The highest BCUT2D eigenvalue weighted by Gasteiger charge is 1.94. The van der Waals surface area contributed by atoms with Crippen molar-refractivity contribution in [3.05, 3.63) is 12.2 Å². The zero-order chi connectivity index (χ0) is 19.1. The van der Waals surface area contributed by atoms with E-state index in [1.165, 1.54) is 103 Å². The maximum Gasteiger partial charge on any atom is 0.217 e. The molecule has 0 heterocycles. The maximum atomic E-state index is 10.6. The fourth-order valence-electron chi connectivity index (χ4n) is 3.43. The Balaban J connectivity index is 3.05. The quantitative estimate of drug-likeness (QED) is 0.163. The summed E-state index contributed by atoms with van der Waals surface area (Å²) in [6, 6.07) is 0. The van der Waals surface area contributed by atoms with Gasteiger partial charge in [0.25, 0.3) is 0 Å². The molecule has 0 spiro atoms. The van der Waals surface area contributed by atoms with E-state index in [0.29, 0.717) is 6.42 Å². The highest BCUT2D eigenvalue weighted by Crippen LogP contribution is 2.13. The van der Waals surface area contributed by atoms with E-state index in [2.05, 4.69) is 19.1 Å². The molecule has 154 valence electrons. The fourth-order valence-corrected chi connectivity index (χ4v) is 3.43. The third-order valence-corrected chi connectivity index (χ3v) is 5.18. The highest BCUT2D eigenvalue weighted by molar-refractivity contribution is 5.73. The van der Waals surface area contributed by atoms with E-state index in [9.17, 15) is 4.79 Å². The molecule has 2 nitrogen and oxygen atoms in total. The van der Waals surface area contributed by atoms with Crippen molar-refractivity contribution in [3.63, 3.8) is 0 Å². The third-order valence-electron chi connectivity index (χ3n) is 5.18. The number of allylic oxidation sites excluding steroid dienone is 2. The van der Waals surface area contributed by atoms with Crippen LogP contribution in [0.25, 0.3) is 0 Å². The molecule has 0 rings (SSSR count). The molecule has 26 heavy (non-hydrogen) atoms. The smallest absolute Gasteiger partial charge is 0.217 e. The molecule has 0 radical (unpaired) electrons. The van der Waals surface area contributed by atoms with Gasteiger partial charge in [-0.25, -0.2) is 0 Å². The van der Waals surface area contributed by atoms with Crippen molar-refractivity contribution in [1.29, 1.82) is 0 Å². The minimum absolute atomic E-state index is 0.174. The first kappa shape index (κ1) is 25.2. The predicted octanol–water partition coefficient (Wildman–Crippen LogP) is 7.85. The van der Waals surface area contributed by atoms with Crippen molar-refractivity contribution in [3.8, 4) is 0 Å². The van der Waals surface area contributed by atoms with E-state index >= 15 is 0 Å². The van der Waals surface area contributed by atoms with Crippen molar-refractivity contribution >= 4 is 5.91 Å². The Morgan fingerprint density at radius 1 is 0.577 bits per heavy atom. The number of hydrogen-bond donors (Lipinski definition) is 1. The summed E-state index contributed by atoms with van der Waals surface area (Å²) in [6.45, 7) is 2.29. The Kier molecular flexibility index (Phi) is 21.6. The molecular formula is C24H47NO. The number of nitrogens with two attached hydrogens (primary N) is 1. The van der Waals surface area contributed by atoms with Gasteiger partial charge < -0.3 is 5.73 Å². The van der Waals surface area contributed by atoms with Crippen LogP contribution in [0.3, 0.4) is 0 Å². The summed E-state index contributed by atoms with van der Waals surface area (Å²) in [5.74, 6) is -0.174. The van der Waals surface area contributed by atoms with E-state index in [-0.39, 0.29) is 5.91 Å². The first-order valence-corrected chi connectivity index (χ1v) is 11.7. The summed E-state index contributed by atoms with van der Waals surface area (Å²) < 4.78 is 0. The van der Waals surface area contributed by atoms with E-state index < -0.39 is 0 Å². The van der Waals surface area contributed by atoms with Crippen LogP contribution < -0.4 is 5.73 Å². The van der Waals surface area contributed by atoms with Gasteiger partial charge >= 0.3 is 0 Å². The standard InChI is InChI=1S/C24H47NO/c1-2-3-4-5-6-7-8-9-10-11-12-13-14-15-16-17-18-19-20-21-22-23-24(25)26/h18-19H,2-17,20-23H2,1H3,(H2,25,26). The third kappa shape index (κ3) is 23.2. The number of hydrogen-bond acceptors (Lipinski definition) is 1. The second kappa shape index (κ2) is 22.3. The largest absolute Gasteiger partial charge is 0.370 e. The molecule has 0 aromatic carbocycles.